The summed E-state index contributed by atoms with van der Waals surface area (Å²) in [6.07, 6.45) is 4.15. The van der Waals surface area contributed by atoms with Crippen LogP contribution in [0.4, 0.5) is 0 Å². The highest BCUT2D eigenvalue weighted by atomic mass is 35.5. The van der Waals surface area contributed by atoms with Gasteiger partial charge in [-0.05, 0) is 49.8 Å². The molecule has 94 valence electrons. The van der Waals surface area contributed by atoms with Gasteiger partial charge in [-0.15, -0.1) is 0 Å². The molecule has 0 bridgehead atoms. The molecule has 1 aliphatic rings. The van der Waals surface area contributed by atoms with Gasteiger partial charge in [-0.2, -0.15) is 0 Å². The highest BCUT2D eigenvalue weighted by Crippen LogP contribution is 2.30. The largest absolute Gasteiger partial charge is 0.310 e. The number of nitrogens with one attached hydrogen (secondary N) is 1. The zero-order chi connectivity index (χ0) is 12.3. The van der Waals surface area contributed by atoms with E-state index in [4.69, 9.17) is 11.6 Å². The lowest BCUT2D eigenvalue weighted by atomic mass is 10.0. The van der Waals surface area contributed by atoms with Gasteiger partial charge in [0.2, 0.25) is 0 Å². The topological polar surface area (TPSA) is 12.0 Å². The minimum Gasteiger partial charge on any atom is -0.310 e. The molecule has 1 saturated carbocycles. The molecular weight excluding hydrogens is 230 g/mol. The molecule has 0 aliphatic heterocycles. The van der Waals surface area contributed by atoms with Crippen molar-refractivity contribution in [3.05, 3.63) is 34.9 Å². The maximum atomic E-state index is 6.20. The first kappa shape index (κ1) is 12.9. The Morgan fingerprint density at radius 3 is 2.76 bits per heavy atom. The molecule has 17 heavy (non-hydrogen) atoms. The Bertz CT molecular complexity index is 364. The van der Waals surface area contributed by atoms with E-state index < -0.39 is 0 Å². The van der Waals surface area contributed by atoms with Crippen molar-refractivity contribution in [1.82, 2.24) is 5.32 Å². The number of hydrogen-bond acceptors (Lipinski definition) is 1. The highest BCUT2D eigenvalue weighted by molar-refractivity contribution is 6.31. The van der Waals surface area contributed by atoms with Crippen LogP contribution in [0, 0.1) is 11.8 Å². The van der Waals surface area contributed by atoms with E-state index in [0.717, 1.165) is 23.4 Å². The van der Waals surface area contributed by atoms with Crippen LogP contribution in [0.1, 0.15) is 44.7 Å². The summed E-state index contributed by atoms with van der Waals surface area (Å²) in [6, 6.07) is 8.46. The zero-order valence-corrected chi connectivity index (χ0v) is 11.5. The van der Waals surface area contributed by atoms with Crippen LogP contribution in [0.3, 0.4) is 0 Å². The van der Waals surface area contributed by atoms with Crippen molar-refractivity contribution < 1.29 is 0 Å². The molecule has 1 aromatic rings. The Labute approximate surface area is 110 Å². The number of benzene rings is 1. The van der Waals surface area contributed by atoms with Gasteiger partial charge < -0.3 is 5.32 Å². The second-order valence-electron chi connectivity index (χ2n) is 5.44. The predicted molar refractivity (Wildman–Crippen MR) is 74.4 cm³/mol. The lowest BCUT2D eigenvalue weighted by molar-refractivity contribution is 0.440. The third kappa shape index (κ3) is 3.46. The van der Waals surface area contributed by atoms with Crippen molar-refractivity contribution in [2.24, 2.45) is 11.8 Å². The maximum absolute atomic E-state index is 6.20. The summed E-state index contributed by atoms with van der Waals surface area (Å²) in [5, 5.41) is 4.49. The summed E-state index contributed by atoms with van der Waals surface area (Å²) in [5.41, 5.74) is 1.21. The molecule has 3 unspecified atom stereocenters. The summed E-state index contributed by atoms with van der Waals surface area (Å²) in [4.78, 5) is 0. The van der Waals surface area contributed by atoms with E-state index in [1.54, 1.807) is 0 Å². The quantitative estimate of drug-likeness (QED) is 0.835. The van der Waals surface area contributed by atoms with Gasteiger partial charge in [-0.25, -0.2) is 0 Å². The molecule has 1 fully saturated rings. The summed E-state index contributed by atoms with van der Waals surface area (Å²) in [6.45, 7) is 5.67. The first-order valence-electron chi connectivity index (χ1n) is 6.64. The minimum absolute atomic E-state index is 0.347. The average molecular weight is 252 g/mol. The Kier molecular flexibility index (Phi) is 4.47. The van der Waals surface area contributed by atoms with E-state index in [0.29, 0.717) is 6.04 Å². The van der Waals surface area contributed by atoms with Crippen molar-refractivity contribution in [2.75, 3.05) is 6.54 Å². The van der Waals surface area contributed by atoms with E-state index in [1.165, 1.54) is 24.8 Å². The van der Waals surface area contributed by atoms with Crippen LogP contribution < -0.4 is 5.32 Å². The van der Waals surface area contributed by atoms with Crippen molar-refractivity contribution in [3.8, 4) is 0 Å². The van der Waals surface area contributed by atoms with Crippen LogP contribution in [-0.2, 0) is 0 Å². The summed E-state index contributed by atoms with van der Waals surface area (Å²) >= 11 is 6.20. The van der Waals surface area contributed by atoms with Crippen LogP contribution in [0.5, 0.6) is 0 Å². The van der Waals surface area contributed by atoms with Crippen molar-refractivity contribution in [1.29, 1.82) is 0 Å². The van der Waals surface area contributed by atoms with Crippen LogP contribution in [-0.4, -0.2) is 6.54 Å². The van der Waals surface area contributed by atoms with E-state index in [2.05, 4.69) is 31.3 Å². The minimum atomic E-state index is 0.347. The first-order chi connectivity index (χ1) is 8.16. The maximum Gasteiger partial charge on any atom is 0.0453 e. The molecule has 0 aromatic heterocycles. The fourth-order valence-electron chi connectivity index (χ4n) is 2.79. The first-order valence-corrected chi connectivity index (χ1v) is 7.02. The molecule has 3 atom stereocenters. The zero-order valence-electron chi connectivity index (χ0n) is 10.7. The lowest BCUT2D eigenvalue weighted by Crippen LogP contribution is -2.24. The fraction of sp³-hybridized carbons (Fsp3) is 0.600. The van der Waals surface area contributed by atoms with Crippen LogP contribution in [0.2, 0.25) is 5.02 Å². The molecule has 1 nitrogen and oxygen atoms in total. The van der Waals surface area contributed by atoms with Crippen molar-refractivity contribution >= 4 is 11.6 Å². The third-order valence-corrected chi connectivity index (χ3v) is 4.23. The van der Waals surface area contributed by atoms with Gasteiger partial charge >= 0.3 is 0 Å². The fourth-order valence-corrected chi connectivity index (χ4v) is 3.09. The van der Waals surface area contributed by atoms with Crippen LogP contribution >= 0.6 is 11.6 Å². The van der Waals surface area contributed by atoms with E-state index in [9.17, 15) is 0 Å². The normalized spacial score (nSPS) is 26.1. The van der Waals surface area contributed by atoms with Crippen molar-refractivity contribution in [3.63, 3.8) is 0 Å². The summed E-state index contributed by atoms with van der Waals surface area (Å²) < 4.78 is 0. The smallest absolute Gasteiger partial charge is 0.0453 e. The van der Waals surface area contributed by atoms with Gasteiger partial charge in [-0.3, -0.25) is 0 Å². The molecule has 1 N–H and O–H groups in total. The molecule has 0 heterocycles. The Morgan fingerprint density at radius 2 is 2.12 bits per heavy atom. The lowest BCUT2D eigenvalue weighted by Gasteiger charge is -2.18. The van der Waals surface area contributed by atoms with E-state index in [-0.39, 0.29) is 0 Å². The molecule has 0 radical (unpaired) electrons. The van der Waals surface area contributed by atoms with E-state index >= 15 is 0 Å². The predicted octanol–water partition coefficient (Wildman–Crippen LogP) is 4.43. The molecule has 2 rings (SSSR count). The van der Waals surface area contributed by atoms with Gasteiger partial charge in [0.05, 0.1) is 0 Å². The molecule has 0 amide bonds. The third-order valence-electron chi connectivity index (χ3n) is 3.89. The van der Waals surface area contributed by atoms with Crippen LogP contribution in [0.25, 0.3) is 0 Å². The second kappa shape index (κ2) is 5.88. The summed E-state index contributed by atoms with van der Waals surface area (Å²) in [5.74, 6) is 1.77. The van der Waals surface area contributed by atoms with E-state index in [1.807, 2.05) is 12.1 Å². The molecule has 1 aliphatic carbocycles. The standard InChI is InChI=1S/C15H22ClN/c1-11-7-8-13(9-11)10-17-12(2)14-5-3-4-6-15(14)16/h3-6,11-13,17H,7-10H2,1-2H3. The Balaban J connectivity index is 1.85. The van der Waals surface area contributed by atoms with Gasteiger partial charge in [0, 0.05) is 11.1 Å². The SMILES string of the molecule is CC1CCC(CNC(C)c2ccccc2Cl)C1. The summed E-state index contributed by atoms with van der Waals surface area (Å²) in [7, 11) is 0. The van der Waals surface area contributed by atoms with Gasteiger partial charge in [0.15, 0.2) is 0 Å². The molecule has 2 heteroatoms. The number of hydrogen-bond donors (Lipinski definition) is 1. The van der Waals surface area contributed by atoms with Crippen LogP contribution in [0.15, 0.2) is 24.3 Å². The van der Waals surface area contributed by atoms with Gasteiger partial charge in [0.25, 0.3) is 0 Å². The monoisotopic (exact) mass is 251 g/mol. The molecule has 0 spiro atoms. The number of rotatable bonds is 4. The molecule has 1 aromatic carbocycles. The van der Waals surface area contributed by atoms with Gasteiger partial charge in [0.1, 0.15) is 0 Å². The molecule has 0 saturated heterocycles. The van der Waals surface area contributed by atoms with Gasteiger partial charge in [-0.1, -0.05) is 43.1 Å². The Hall–Kier alpha value is -0.530. The van der Waals surface area contributed by atoms with Crippen molar-refractivity contribution in [2.45, 2.75) is 39.2 Å². The number of halogens is 1. The molecular formula is C15H22ClN. The average Bonchev–Trinajstić information content (AvgIpc) is 2.73. The Morgan fingerprint density at radius 1 is 1.35 bits per heavy atom. The highest BCUT2D eigenvalue weighted by Gasteiger charge is 2.21. The second-order valence-corrected chi connectivity index (χ2v) is 5.84.